The van der Waals surface area contributed by atoms with Crippen LogP contribution in [-0.2, 0) is 6.42 Å². The van der Waals surface area contributed by atoms with Crippen molar-refractivity contribution in [2.24, 2.45) is 5.92 Å². The van der Waals surface area contributed by atoms with Crippen molar-refractivity contribution in [1.82, 2.24) is 0 Å². The van der Waals surface area contributed by atoms with E-state index >= 15 is 0 Å². The predicted molar refractivity (Wildman–Crippen MR) is 139 cm³/mol. The summed E-state index contributed by atoms with van der Waals surface area (Å²) >= 11 is 0. The number of aryl methyl sites for hydroxylation is 1. The van der Waals surface area contributed by atoms with Crippen molar-refractivity contribution < 1.29 is 4.74 Å². The first kappa shape index (κ1) is 26.1. The molecule has 0 bridgehead atoms. The van der Waals surface area contributed by atoms with E-state index in [4.69, 9.17) is 4.74 Å². The van der Waals surface area contributed by atoms with E-state index in [2.05, 4.69) is 56.9 Å². The molecular formula is C31H44O. The highest BCUT2D eigenvalue weighted by Crippen LogP contribution is 2.14. The molecule has 32 heavy (non-hydrogen) atoms. The summed E-state index contributed by atoms with van der Waals surface area (Å²) < 4.78 is 5.84. The van der Waals surface area contributed by atoms with Crippen LogP contribution >= 0.6 is 0 Å². The average Bonchev–Trinajstić information content (AvgIpc) is 2.80. The molecule has 0 saturated carbocycles. The van der Waals surface area contributed by atoms with Crippen LogP contribution in [0.15, 0.2) is 48.5 Å². The standard InChI is InChI=1S/C31H44O/c1-4-5-6-7-8-9-10-11-15-28-16-18-29(19-17-28)20-21-30-22-24-31(25-23-30)32-26-13-12-14-27(2)3/h16-19,22-25,27H,4-15,26H2,1-3H3. The summed E-state index contributed by atoms with van der Waals surface area (Å²) in [6.07, 6.45) is 15.8. The van der Waals surface area contributed by atoms with Crippen LogP contribution in [0.3, 0.4) is 0 Å². The van der Waals surface area contributed by atoms with Gasteiger partial charge in [-0.2, -0.15) is 0 Å². The van der Waals surface area contributed by atoms with E-state index in [1.54, 1.807) is 0 Å². The third kappa shape index (κ3) is 12.0. The molecule has 0 saturated heterocycles. The van der Waals surface area contributed by atoms with E-state index in [0.29, 0.717) is 0 Å². The maximum atomic E-state index is 5.84. The zero-order valence-corrected chi connectivity index (χ0v) is 20.8. The van der Waals surface area contributed by atoms with Gasteiger partial charge in [0.2, 0.25) is 0 Å². The second kappa shape index (κ2) is 16.4. The van der Waals surface area contributed by atoms with Crippen molar-refractivity contribution in [2.75, 3.05) is 6.61 Å². The fraction of sp³-hybridized carbons (Fsp3) is 0.548. The second-order valence-corrected chi connectivity index (χ2v) is 9.43. The van der Waals surface area contributed by atoms with E-state index in [1.165, 1.54) is 76.2 Å². The quantitative estimate of drug-likeness (QED) is 0.201. The third-order valence-corrected chi connectivity index (χ3v) is 5.92. The Morgan fingerprint density at radius 2 is 1.22 bits per heavy atom. The summed E-state index contributed by atoms with van der Waals surface area (Å²) in [5, 5.41) is 0. The van der Waals surface area contributed by atoms with Gasteiger partial charge >= 0.3 is 0 Å². The summed E-state index contributed by atoms with van der Waals surface area (Å²) in [6, 6.07) is 16.9. The lowest BCUT2D eigenvalue weighted by Gasteiger charge is -2.07. The van der Waals surface area contributed by atoms with Gasteiger partial charge in [-0.3, -0.25) is 0 Å². The smallest absolute Gasteiger partial charge is 0.119 e. The van der Waals surface area contributed by atoms with E-state index in [0.717, 1.165) is 35.8 Å². The molecule has 0 aliphatic rings. The maximum absolute atomic E-state index is 5.84. The lowest BCUT2D eigenvalue weighted by Crippen LogP contribution is -1.98. The first-order valence-electron chi connectivity index (χ1n) is 13.0. The molecule has 0 amide bonds. The van der Waals surface area contributed by atoms with Crippen molar-refractivity contribution in [3.8, 4) is 17.6 Å². The Kier molecular flexibility index (Phi) is 13.4. The van der Waals surface area contributed by atoms with Crippen LogP contribution in [-0.4, -0.2) is 6.61 Å². The van der Waals surface area contributed by atoms with Gasteiger partial charge in [0.05, 0.1) is 6.61 Å². The number of rotatable bonds is 15. The van der Waals surface area contributed by atoms with Gasteiger partial charge in [-0.25, -0.2) is 0 Å². The number of unbranched alkanes of at least 4 members (excludes halogenated alkanes) is 8. The molecule has 0 unspecified atom stereocenters. The van der Waals surface area contributed by atoms with Crippen molar-refractivity contribution >= 4 is 0 Å². The summed E-state index contributed by atoms with van der Waals surface area (Å²) in [4.78, 5) is 0. The Bertz CT molecular complexity index is 774. The van der Waals surface area contributed by atoms with E-state index in [1.807, 2.05) is 24.3 Å². The van der Waals surface area contributed by atoms with Crippen molar-refractivity contribution in [1.29, 1.82) is 0 Å². The molecule has 0 heterocycles. The van der Waals surface area contributed by atoms with Gasteiger partial charge in [0.1, 0.15) is 5.75 Å². The second-order valence-electron chi connectivity index (χ2n) is 9.43. The Balaban J connectivity index is 1.66. The van der Waals surface area contributed by atoms with Crippen LogP contribution in [0.2, 0.25) is 0 Å². The van der Waals surface area contributed by atoms with Crippen molar-refractivity contribution in [2.45, 2.75) is 97.8 Å². The molecule has 0 atom stereocenters. The SMILES string of the molecule is CCCCCCCCCCc1ccc(C#Cc2ccc(OCCCCC(C)C)cc2)cc1. The maximum Gasteiger partial charge on any atom is 0.119 e. The molecule has 0 aromatic heterocycles. The monoisotopic (exact) mass is 432 g/mol. The largest absolute Gasteiger partial charge is 0.494 e. The Morgan fingerprint density at radius 3 is 1.81 bits per heavy atom. The highest BCUT2D eigenvalue weighted by atomic mass is 16.5. The minimum absolute atomic E-state index is 0.777. The summed E-state index contributed by atoms with van der Waals surface area (Å²) in [7, 11) is 0. The van der Waals surface area contributed by atoms with Crippen molar-refractivity contribution in [3.63, 3.8) is 0 Å². The van der Waals surface area contributed by atoms with Gasteiger partial charge < -0.3 is 4.74 Å². The van der Waals surface area contributed by atoms with Crippen LogP contribution in [0.5, 0.6) is 5.75 Å². The Hall–Kier alpha value is -2.20. The van der Waals surface area contributed by atoms with E-state index in [9.17, 15) is 0 Å². The zero-order chi connectivity index (χ0) is 22.9. The first-order valence-corrected chi connectivity index (χ1v) is 13.0. The average molecular weight is 433 g/mol. The lowest BCUT2D eigenvalue weighted by molar-refractivity contribution is 0.301. The van der Waals surface area contributed by atoms with Crippen LogP contribution < -0.4 is 4.74 Å². The molecule has 174 valence electrons. The molecule has 1 heteroatoms. The minimum atomic E-state index is 0.777. The number of hydrogen-bond donors (Lipinski definition) is 0. The number of ether oxygens (including phenoxy) is 1. The Morgan fingerprint density at radius 1 is 0.656 bits per heavy atom. The molecule has 0 aliphatic carbocycles. The zero-order valence-electron chi connectivity index (χ0n) is 20.8. The molecule has 2 aromatic rings. The minimum Gasteiger partial charge on any atom is -0.494 e. The molecule has 0 N–H and O–H groups in total. The van der Waals surface area contributed by atoms with Gasteiger partial charge in [-0.15, -0.1) is 0 Å². The van der Waals surface area contributed by atoms with Gasteiger partial charge in [-0.1, -0.05) is 96.1 Å². The molecule has 0 spiro atoms. The van der Waals surface area contributed by atoms with E-state index in [-0.39, 0.29) is 0 Å². The van der Waals surface area contributed by atoms with Crippen LogP contribution in [0.25, 0.3) is 0 Å². The summed E-state index contributed by atoms with van der Waals surface area (Å²) in [6.45, 7) is 7.61. The topological polar surface area (TPSA) is 9.23 Å². The van der Waals surface area contributed by atoms with Crippen LogP contribution in [0.4, 0.5) is 0 Å². The molecule has 0 fully saturated rings. The predicted octanol–water partition coefficient (Wildman–Crippen LogP) is 8.97. The third-order valence-electron chi connectivity index (χ3n) is 5.92. The lowest BCUT2D eigenvalue weighted by atomic mass is 10.0. The van der Waals surface area contributed by atoms with Crippen LogP contribution in [0, 0.1) is 17.8 Å². The fourth-order valence-electron chi connectivity index (χ4n) is 3.84. The number of hydrogen-bond acceptors (Lipinski definition) is 1. The highest BCUT2D eigenvalue weighted by molar-refractivity contribution is 5.44. The molecule has 2 rings (SSSR count). The van der Waals surface area contributed by atoms with Gasteiger partial charge in [-0.05, 0) is 73.6 Å². The first-order chi connectivity index (χ1) is 15.7. The normalized spacial score (nSPS) is 10.8. The highest BCUT2D eigenvalue weighted by Gasteiger charge is 1.98. The summed E-state index contributed by atoms with van der Waals surface area (Å²) in [5.41, 5.74) is 3.53. The van der Waals surface area contributed by atoms with Crippen LogP contribution in [0.1, 0.15) is 108 Å². The molecule has 1 nitrogen and oxygen atoms in total. The molecule has 0 radical (unpaired) electrons. The summed E-state index contributed by atoms with van der Waals surface area (Å²) in [5.74, 6) is 8.27. The van der Waals surface area contributed by atoms with Crippen molar-refractivity contribution in [3.05, 3.63) is 65.2 Å². The molecule has 2 aromatic carbocycles. The van der Waals surface area contributed by atoms with E-state index < -0.39 is 0 Å². The number of benzene rings is 2. The van der Waals surface area contributed by atoms with Gasteiger partial charge in [0.15, 0.2) is 0 Å². The molecular weight excluding hydrogens is 388 g/mol. The van der Waals surface area contributed by atoms with Gasteiger partial charge in [0, 0.05) is 11.1 Å². The fourth-order valence-corrected chi connectivity index (χ4v) is 3.84. The Labute approximate surface area is 198 Å². The molecule has 0 aliphatic heterocycles. The van der Waals surface area contributed by atoms with Gasteiger partial charge in [0.25, 0.3) is 0 Å².